The summed E-state index contributed by atoms with van der Waals surface area (Å²) >= 11 is 0. The summed E-state index contributed by atoms with van der Waals surface area (Å²) in [7, 11) is 0. The highest BCUT2D eigenvalue weighted by molar-refractivity contribution is 6.11. The van der Waals surface area contributed by atoms with E-state index in [0.29, 0.717) is 16.3 Å². The molecular formula is C20H17FN4O2. The number of halogens is 1. The fourth-order valence-corrected chi connectivity index (χ4v) is 4.16. The van der Waals surface area contributed by atoms with Crippen LogP contribution in [0.5, 0.6) is 0 Å². The van der Waals surface area contributed by atoms with E-state index in [1.807, 2.05) is 16.7 Å². The second-order valence-electron chi connectivity index (χ2n) is 7.06. The van der Waals surface area contributed by atoms with Gasteiger partial charge in [-0.2, -0.15) is 0 Å². The number of imidazole rings is 1. The van der Waals surface area contributed by atoms with Crippen LogP contribution in [0, 0.1) is 5.82 Å². The van der Waals surface area contributed by atoms with Crippen LogP contribution in [0.3, 0.4) is 0 Å². The topological polar surface area (TPSA) is 82.8 Å². The zero-order valence-electron chi connectivity index (χ0n) is 14.4. The predicted octanol–water partition coefficient (Wildman–Crippen LogP) is 3.96. The van der Waals surface area contributed by atoms with E-state index in [2.05, 4.69) is 10.1 Å². The second kappa shape index (κ2) is 5.90. The average molecular weight is 364 g/mol. The predicted molar refractivity (Wildman–Crippen MR) is 101 cm³/mol. The molecule has 3 aromatic heterocycles. The van der Waals surface area contributed by atoms with E-state index < -0.39 is 0 Å². The molecule has 4 aromatic rings. The van der Waals surface area contributed by atoms with Crippen molar-refractivity contribution in [1.82, 2.24) is 14.4 Å². The molecule has 0 aliphatic heterocycles. The molecule has 0 bridgehead atoms. The lowest BCUT2D eigenvalue weighted by Gasteiger charge is -2.20. The van der Waals surface area contributed by atoms with E-state index in [0.717, 1.165) is 48.1 Å². The highest BCUT2D eigenvalue weighted by Gasteiger charge is 2.23. The van der Waals surface area contributed by atoms with Crippen LogP contribution < -0.4 is 5.56 Å². The van der Waals surface area contributed by atoms with Crippen LogP contribution in [0.2, 0.25) is 0 Å². The molecule has 3 heterocycles. The number of rotatable bonds is 1. The molecule has 1 aliphatic rings. The first kappa shape index (κ1) is 16.0. The molecule has 6 nitrogen and oxygen atoms in total. The minimum atomic E-state index is -0.383. The normalized spacial score (nSPS) is 17.8. The molecular weight excluding hydrogens is 347 g/mol. The molecule has 7 heteroatoms. The standard InChI is InChI=1S/C20H17FN4O2/c21-12-3-6-14-15(9-12)18-17(7-8-22-20(18)26)25-10-16(23-19(14)25)11-1-4-13(24-27)5-2-11/h3,6-11,27H,1-2,4-5H2,(H,22,26). The van der Waals surface area contributed by atoms with Crippen molar-refractivity contribution >= 4 is 33.0 Å². The summed E-state index contributed by atoms with van der Waals surface area (Å²) in [5, 5.41) is 14.1. The van der Waals surface area contributed by atoms with Gasteiger partial charge in [0.05, 0.1) is 22.3 Å². The smallest absolute Gasteiger partial charge is 0.257 e. The van der Waals surface area contributed by atoms with Crippen LogP contribution in [0.1, 0.15) is 37.3 Å². The molecule has 5 rings (SSSR count). The monoisotopic (exact) mass is 364 g/mol. The van der Waals surface area contributed by atoms with Crippen LogP contribution in [0.4, 0.5) is 4.39 Å². The lowest BCUT2D eigenvalue weighted by Crippen LogP contribution is -2.13. The zero-order chi connectivity index (χ0) is 18.5. The average Bonchev–Trinajstić information content (AvgIpc) is 3.13. The number of aromatic amines is 1. The number of H-pyrrole nitrogens is 1. The minimum Gasteiger partial charge on any atom is -0.411 e. The number of nitrogens with one attached hydrogen (secondary N) is 1. The van der Waals surface area contributed by atoms with Crippen molar-refractivity contribution in [1.29, 1.82) is 0 Å². The molecule has 0 spiro atoms. The Kier molecular flexibility index (Phi) is 3.50. The van der Waals surface area contributed by atoms with Crippen molar-refractivity contribution in [3.05, 3.63) is 58.5 Å². The van der Waals surface area contributed by atoms with Gasteiger partial charge in [0.1, 0.15) is 11.5 Å². The number of aromatic nitrogens is 3. The number of oxime groups is 1. The highest BCUT2D eigenvalue weighted by atomic mass is 19.1. The van der Waals surface area contributed by atoms with Crippen LogP contribution in [-0.4, -0.2) is 25.3 Å². The Hall–Kier alpha value is -3.22. The van der Waals surface area contributed by atoms with Crippen LogP contribution in [0.15, 0.2) is 46.6 Å². The number of hydrogen-bond donors (Lipinski definition) is 2. The summed E-state index contributed by atoms with van der Waals surface area (Å²) in [6, 6.07) is 6.28. The Balaban J connectivity index is 1.79. The van der Waals surface area contributed by atoms with Crippen molar-refractivity contribution in [3.8, 4) is 0 Å². The highest BCUT2D eigenvalue weighted by Crippen LogP contribution is 2.34. The number of fused-ring (bicyclic) bond motifs is 6. The van der Waals surface area contributed by atoms with E-state index in [1.54, 1.807) is 12.3 Å². The van der Waals surface area contributed by atoms with Gasteiger partial charge in [0.2, 0.25) is 0 Å². The largest absolute Gasteiger partial charge is 0.411 e. The molecule has 27 heavy (non-hydrogen) atoms. The first-order valence-corrected chi connectivity index (χ1v) is 8.97. The lowest BCUT2D eigenvalue weighted by molar-refractivity contribution is 0.313. The van der Waals surface area contributed by atoms with Gasteiger partial charge >= 0.3 is 0 Å². The summed E-state index contributed by atoms with van der Waals surface area (Å²) in [4.78, 5) is 20.0. The van der Waals surface area contributed by atoms with Gasteiger partial charge in [0.25, 0.3) is 5.56 Å². The summed E-state index contributed by atoms with van der Waals surface area (Å²) in [6.45, 7) is 0. The maximum absolute atomic E-state index is 13.9. The van der Waals surface area contributed by atoms with E-state index in [4.69, 9.17) is 10.2 Å². The Morgan fingerprint density at radius 1 is 1.22 bits per heavy atom. The maximum atomic E-state index is 13.9. The molecule has 0 saturated heterocycles. The first-order valence-electron chi connectivity index (χ1n) is 8.97. The molecule has 136 valence electrons. The van der Waals surface area contributed by atoms with E-state index in [-0.39, 0.29) is 17.3 Å². The fraction of sp³-hybridized carbons (Fsp3) is 0.250. The summed E-state index contributed by atoms with van der Waals surface area (Å²) < 4.78 is 15.8. The third-order valence-electron chi connectivity index (χ3n) is 5.54. The van der Waals surface area contributed by atoms with Crippen LogP contribution in [-0.2, 0) is 0 Å². The van der Waals surface area contributed by atoms with Crippen molar-refractivity contribution < 1.29 is 9.60 Å². The Morgan fingerprint density at radius 3 is 2.81 bits per heavy atom. The molecule has 1 fully saturated rings. The van der Waals surface area contributed by atoms with E-state index in [9.17, 15) is 9.18 Å². The molecule has 0 radical (unpaired) electrons. The number of hydrogen-bond acceptors (Lipinski definition) is 4. The summed E-state index contributed by atoms with van der Waals surface area (Å²) in [5.74, 6) is -0.116. The lowest BCUT2D eigenvalue weighted by atomic mass is 9.86. The van der Waals surface area contributed by atoms with Gasteiger partial charge in [-0.25, -0.2) is 9.37 Å². The van der Waals surface area contributed by atoms with Crippen molar-refractivity contribution in [3.63, 3.8) is 0 Å². The molecule has 1 aliphatic carbocycles. The third-order valence-corrected chi connectivity index (χ3v) is 5.54. The Morgan fingerprint density at radius 2 is 2.04 bits per heavy atom. The quantitative estimate of drug-likeness (QED) is 0.305. The molecule has 2 N–H and O–H groups in total. The molecule has 0 unspecified atom stereocenters. The van der Waals surface area contributed by atoms with Gasteiger partial charge in [-0.05, 0) is 49.9 Å². The van der Waals surface area contributed by atoms with Gasteiger partial charge in [-0.15, -0.1) is 0 Å². The molecule has 1 saturated carbocycles. The van der Waals surface area contributed by atoms with Gasteiger partial charge in [-0.1, -0.05) is 5.16 Å². The van der Waals surface area contributed by atoms with Gasteiger partial charge in [-0.3, -0.25) is 9.20 Å². The Bertz CT molecular complexity index is 1280. The maximum Gasteiger partial charge on any atom is 0.257 e. The fourth-order valence-electron chi connectivity index (χ4n) is 4.16. The van der Waals surface area contributed by atoms with Crippen molar-refractivity contribution in [2.45, 2.75) is 31.6 Å². The van der Waals surface area contributed by atoms with E-state index in [1.165, 1.54) is 12.1 Å². The SMILES string of the molecule is O=c1[nH]ccc2c1c1cc(F)ccc1c1nc(C3CCC(=NO)CC3)cn21. The number of pyridine rings is 2. The van der Waals surface area contributed by atoms with Crippen molar-refractivity contribution in [2.24, 2.45) is 5.16 Å². The first-order chi connectivity index (χ1) is 13.2. The minimum absolute atomic E-state index is 0.248. The van der Waals surface area contributed by atoms with E-state index >= 15 is 0 Å². The van der Waals surface area contributed by atoms with Gasteiger partial charge in [0, 0.05) is 29.1 Å². The summed E-state index contributed by atoms with van der Waals surface area (Å²) in [6.07, 6.45) is 6.82. The van der Waals surface area contributed by atoms with Gasteiger partial charge < -0.3 is 10.2 Å². The zero-order valence-corrected chi connectivity index (χ0v) is 14.4. The van der Waals surface area contributed by atoms with Crippen molar-refractivity contribution in [2.75, 3.05) is 0 Å². The Labute approximate surface area is 153 Å². The molecule has 0 amide bonds. The van der Waals surface area contributed by atoms with Crippen LogP contribution >= 0.6 is 0 Å². The third kappa shape index (κ3) is 2.42. The number of benzene rings is 1. The van der Waals surface area contributed by atoms with Gasteiger partial charge in [0.15, 0.2) is 0 Å². The number of nitrogens with zero attached hydrogens (tertiary/aromatic N) is 3. The second-order valence-corrected chi connectivity index (χ2v) is 7.06. The summed E-state index contributed by atoms with van der Waals surface area (Å²) in [5.41, 5.74) is 2.96. The molecule has 0 atom stereocenters. The molecule has 1 aromatic carbocycles. The van der Waals surface area contributed by atoms with Crippen LogP contribution in [0.25, 0.3) is 27.3 Å².